The van der Waals surface area contributed by atoms with E-state index >= 15 is 0 Å². The molecule has 2 rings (SSSR count). The van der Waals surface area contributed by atoms with Crippen molar-refractivity contribution >= 4 is 11.7 Å². The van der Waals surface area contributed by atoms with E-state index in [2.05, 4.69) is 10.3 Å². The van der Waals surface area contributed by atoms with Gasteiger partial charge in [-0.2, -0.15) is 13.2 Å². The summed E-state index contributed by atoms with van der Waals surface area (Å²) < 4.78 is 43.0. The number of aliphatic hydroxyl groups is 1. The van der Waals surface area contributed by atoms with Crippen LogP contribution in [0.3, 0.4) is 0 Å². The first kappa shape index (κ1) is 19.5. The number of aromatic nitrogens is 1. The summed E-state index contributed by atoms with van der Waals surface area (Å²) in [7, 11) is 0. The quantitative estimate of drug-likeness (QED) is 0.653. The molecule has 3 N–H and O–H groups in total. The van der Waals surface area contributed by atoms with Crippen molar-refractivity contribution in [1.29, 1.82) is 0 Å². The summed E-state index contributed by atoms with van der Waals surface area (Å²) in [6.45, 7) is 0.886. The number of carbonyl (C=O) groups excluding carboxylic acids is 2. The minimum Gasteiger partial charge on any atom is -0.491 e. The predicted octanol–water partition coefficient (Wildman–Crippen LogP) is 2.41. The molecule has 0 aliphatic carbocycles. The molecule has 0 aliphatic rings. The number of ether oxygens (including phenoxy) is 1. The van der Waals surface area contributed by atoms with Gasteiger partial charge in [-0.1, -0.05) is 6.07 Å². The Labute approximate surface area is 147 Å². The molecular weight excluding hydrogens is 353 g/mol. The summed E-state index contributed by atoms with van der Waals surface area (Å²) in [5, 5.41) is 12.2. The number of hydrogen-bond donors (Lipinski definition) is 3. The summed E-state index contributed by atoms with van der Waals surface area (Å²) in [6.07, 6.45) is -4.22. The molecule has 0 aliphatic heterocycles. The average Bonchev–Trinajstić information content (AvgIpc) is 3.08. The van der Waals surface area contributed by atoms with Gasteiger partial charge in [-0.15, -0.1) is 0 Å². The molecule has 140 valence electrons. The Bertz CT molecular complexity index is 786. The molecule has 0 saturated heterocycles. The van der Waals surface area contributed by atoms with E-state index in [9.17, 15) is 27.9 Å². The molecule has 0 radical (unpaired) electrons. The fourth-order valence-electron chi connectivity index (χ4n) is 2.05. The Morgan fingerprint density at radius 2 is 2.04 bits per heavy atom. The number of nitrogens with one attached hydrogen (secondary N) is 2. The third-order valence-corrected chi connectivity index (χ3v) is 3.44. The highest BCUT2D eigenvalue weighted by molar-refractivity contribution is 5.99. The number of H-pyrrole nitrogens is 1. The van der Waals surface area contributed by atoms with Gasteiger partial charge in [0, 0.05) is 18.3 Å². The molecule has 0 fully saturated rings. The van der Waals surface area contributed by atoms with Crippen molar-refractivity contribution in [2.24, 2.45) is 0 Å². The van der Waals surface area contributed by atoms with Gasteiger partial charge in [0.2, 0.25) is 0 Å². The Kier molecular flexibility index (Phi) is 6.04. The highest BCUT2D eigenvalue weighted by Crippen LogP contribution is 2.31. The van der Waals surface area contributed by atoms with Crippen LogP contribution in [0, 0.1) is 0 Å². The number of alkyl halides is 3. The number of hydrogen-bond acceptors (Lipinski definition) is 4. The number of ketones is 1. The second-order valence-electron chi connectivity index (χ2n) is 5.56. The molecule has 1 aromatic heterocycles. The number of aliphatic hydroxyl groups excluding tert-OH is 1. The Morgan fingerprint density at radius 1 is 1.31 bits per heavy atom. The number of amides is 1. The monoisotopic (exact) mass is 370 g/mol. The van der Waals surface area contributed by atoms with Gasteiger partial charge in [0.05, 0.1) is 5.56 Å². The van der Waals surface area contributed by atoms with Crippen LogP contribution < -0.4 is 10.1 Å². The average molecular weight is 370 g/mol. The maximum absolute atomic E-state index is 12.6. The number of rotatable bonds is 7. The van der Waals surface area contributed by atoms with Gasteiger partial charge >= 0.3 is 6.18 Å². The van der Waals surface area contributed by atoms with Gasteiger partial charge in [-0.3, -0.25) is 9.59 Å². The second-order valence-corrected chi connectivity index (χ2v) is 5.56. The Morgan fingerprint density at radius 3 is 2.65 bits per heavy atom. The van der Waals surface area contributed by atoms with Crippen molar-refractivity contribution in [3.05, 3.63) is 53.3 Å². The first-order valence-corrected chi connectivity index (χ1v) is 7.62. The highest BCUT2D eigenvalue weighted by Gasteiger charge is 2.30. The van der Waals surface area contributed by atoms with Crippen molar-refractivity contribution in [2.45, 2.75) is 19.2 Å². The predicted molar refractivity (Wildman–Crippen MR) is 86.1 cm³/mol. The van der Waals surface area contributed by atoms with Crippen LogP contribution in [0.4, 0.5) is 13.2 Å². The molecule has 2 aromatic rings. The van der Waals surface area contributed by atoms with Crippen LogP contribution in [0.2, 0.25) is 0 Å². The molecule has 9 heteroatoms. The molecule has 0 bridgehead atoms. The normalized spacial score (nSPS) is 12.5. The van der Waals surface area contributed by atoms with Crippen LogP contribution in [0.5, 0.6) is 5.75 Å². The lowest BCUT2D eigenvalue weighted by Crippen LogP contribution is -2.35. The smallest absolute Gasteiger partial charge is 0.416 e. The van der Waals surface area contributed by atoms with E-state index in [1.807, 2.05) is 0 Å². The van der Waals surface area contributed by atoms with Crippen LogP contribution >= 0.6 is 0 Å². The number of benzene rings is 1. The van der Waals surface area contributed by atoms with Crippen molar-refractivity contribution in [3.8, 4) is 5.75 Å². The molecule has 26 heavy (non-hydrogen) atoms. The van der Waals surface area contributed by atoms with E-state index in [1.165, 1.54) is 31.3 Å². The van der Waals surface area contributed by atoms with E-state index in [1.54, 1.807) is 0 Å². The maximum Gasteiger partial charge on any atom is 0.416 e. The van der Waals surface area contributed by atoms with E-state index in [-0.39, 0.29) is 30.4 Å². The van der Waals surface area contributed by atoms with Gasteiger partial charge in [0.25, 0.3) is 5.91 Å². The van der Waals surface area contributed by atoms with Crippen LogP contribution in [0.25, 0.3) is 0 Å². The summed E-state index contributed by atoms with van der Waals surface area (Å²) in [5.74, 6) is -0.772. The van der Waals surface area contributed by atoms with Crippen molar-refractivity contribution in [3.63, 3.8) is 0 Å². The van der Waals surface area contributed by atoms with E-state index in [0.717, 1.165) is 12.1 Å². The molecular formula is C17H17F3N2O4. The van der Waals surface area contributed by atoms with E-state index < -0.39 is 23.8 Å². The number of Topliss-reactive ketones (excluding diaryl/α,β-unsaturated/α-hetero) is 1. The lowest BCUT2D eigenvalue weighted by Gasteiger charge is -2.14. The van der Waals surface area contributed by atoms with E-state index in [4.69, 9.17) is 4.74 Å². The lowest BCUT2D eigenvalue weighted by molar-refractivity contribution is -0.137. The number of carbonyl (C=O) groups is 2. The van der Waals surface area contributed by atoms with Gasteiger partial charge in [-0.05, 0) is 31.2 Å². The zero-order chi connectivity index (χ0) is 19.3. The second kappa shape index (κ2) is 8.05. The number of aromatic amines is 1. The standard InChI is InChI=1S/C17H17F3N2O4/c1-10(23)11-5-15(21-7-11)16(25)22-8-13(24)9-26-14-4-2-3-12(6-14)17(18,19)20/h2-7,13,21,24H,8-9H2,1H3,(H,22,25). The van der Waals surface area contributed by atoms with Crippen LogP contribution in [-0.2, 0) is 6.18 Å². The summed E-state index contributed by atoms with van der Waals surface area (Å²) in [4.78, 5) is 25.7. The van der Waals surface area contributed by atoms with Crippen molar-refractivity contribution in [1.82, 2.24) is 10.3 Å². The van der Waals surface area contributed by atoms with Gasteiger partial charge < -0.3 is 20.1 Å². The molecule has 1 amide bonds. The maximum atomic E-state index is 12.6. The van der Waals surface area contributed by atoms with E-state index in [0.29, 0.717) is 5.56 Å². The summed E-state index contributed by atoms with van der Waals surface area (Å²) in [5.41, 5.74) is -0.351. The first-order valence-electron chi connectivity index (χ1n) is 7.62. The topological polar surface area (TPSA) is 91.4 Å². The zero-order valence-corrected chi connectivity index (χ0v) is 13.8. The van der Waals surface area contributed by atoms with Crippen LogP contribution in [-0.4, -0.2) is 41.0 Å². The van der Waals surface area contributed by atoms with Gasteiger partial charge in [0.15, 0.2) is 5.78 Å². The van der Waals surface area contributed by atoms with Crippen molar-refractivity contribution < 1.29 is 32.6 Å². The van der Waals surface area contributed by atoms with Crippen LogP contribution in [0.15, 0.2) is 36.5 Å². The van der Waals surface area contributed by atoms with Gasteiger partial charge in [-0.25, -0.2) is 0 Å². The third kappa shape index (κ3) is 5.35. The summed E-state index contributed by atoms with van der Waals surface area (Å²) in [6, 6.07) is 5.65. The fraction of sp³-hybridized carbons (Fsp3) is 0.294. The fourth-order valence-corrected chi connectivity index (χ4v) is 2.05. The lowest BCUT2D eigenvalue weighted by atomic mass is 10.2. The molecule has 1 unspecified atom stereocenters. The van der Waals surface area contributed by atoms with Crippen molar-refractivity contribution in [2.75, 3.05) is 13.2 Å². The highest BCUT2D eigenvalue weighted by atomic mass is 19.4. The molecule has 1 heterocycles. The minimum atomic E-state index is -4.49. The SMILES string of the molecule is CC(=O)c1c[nH]c(C(=O)NCC(O)COc2cccc(C(F)(F)F)c2)c1. The molecule has 1 atom stereocenters. The molecule has 0 spiro atoms. The molecule has 1 aromatic carbocycles. The van der Waals surface area contributed by atoms with Crippen LogP contribution in [0.1, 0.15) is 33.3 Å². The first-order chi connectivity index (χ1) is 12.2. The molecule has 6 nitrogen and oxygen atoms in total. The zero-order valence-electron chi connectivity index (χ0n) is 13.8. The summed E-state index contributed by atoms with van der Waals surface area (Å²) >= 11 is 0. The third-order valence-electron chi connectivity index (χ3n) is 3.44. The largest absolute Gasteiger partial charge is 0.491 e. The number of halogens is 3. The molecule has 0 saturated carbocycles. The van der Waals surface area contributed by atoms with Gasteiger partial charge in [0.1, 0.15) is 24.2 Å². The Hall–Kier alpha value is -2.81. The minimum absolute atomic E-state index is 0.0410. The Balaban J connectivity index is 1.82.